The van der Waals surface area contributed by atoms with Gasteiger partial charge >= 0.3 is 0 Å². The molecule has 0 saturated heterocycles. The number of benzene rings is 1. The lowest BCUT2D eigenvalue weighted by molar-refractivity contribution is 0.0934. The lowest BCUT2D eigenvalue weighted by Crippen LogP contribution is -2.28. The van der Waals surface area contributed by atoms with Gasteiger partial charge in [-0.2, -0.15) is 0 Å². The maximum Gasteiger partial charge on any atom is 0.254 e. The van der Waals surface area contributed by atoms with Crippen LogP contribution in [0, 0.1) is 6.92 Å². The Morgan fingerprint density at radius 3 is 2.71 bits per heavy atom. The molecule has 1 aromatic heterocycles. The topological polar surface area (TPSA) is 84.4 Å². The molecule has 0 aliphatic heterocycles. The molecule has 6 nitrogen and oxygen atoms in total. The van der Waals surface area contributed by atoms with Gasteiger partial charge in [0.2, 0.25) is 5.89 Å². The number of anilines is 2. The van der Waals surface area contributed by atoms with Crippen LogP contribution in [0.25, 0.3) is 0 Å². The van der Waals surface area contributed by atoms with Gasteiger partial charge < -0.3 is 20.4 Å². The third-order valence-corrected chi connectivity index (χ3v) is 3.10. The number of hydrogen-bond donors (Lipinski definition) is 2. The van der Waals surface area contributed by atoms with Gasteiger partial charge in [-0.25, -0.2) is 4.98 Å². The molecule has 0 aliphatic rings. The van der Waals surface area contributed by atoms with Gasteiger partial charge in [-0.05, 0) is 32.0 Å². The highest BCUT2D eigenvalue weighted by molar-refractivity contribution is 6.00. The number of nitrogens with zero attached hydrogens (tertiary/aromatic N) is 2. The fraction of sp³-hybridized carbons (Fsp3) is 0.333. The van der Waals surface area contributed by atoms with Crippen molar-refractivity contribution in [2.24, 2.45) is 0 Å². The van der Waals surface area contributed by atoms with Crippen molar-refractivity contribution in [1.29, 1.82) is 0 Å². The summed E-state index contributed by atoms with van der Waals surface area (Å²) in [6, 6.07) is 4.94. The van der Waals surface area contributed by atoms with E-state index in [1.807, 2.05) is 38.9 Å². The minimum atomic E-state index is -0.317. The summed E-state index contributed by atoms with van der Waals surface area (Å²) in [6.07, 6.45) is 1.63. The lowest BCUT2D eigenvalue weighted by atomic mass is 10.1. The summed E-state index contributed by atoms with van der Waals surface area (Å²) in [6.45, 7) is 3.64. The number of rotatable bonds is 4. The third kappa shape index (κ3) is 3.34. The van der Waals surface area contributed by atoms with Gasteiger partial charge in [-0.1, -0.05) is 0 Å². The molecule has 0 aliphatic carbocycles. The number of aromatic nitrogens is 1. The molecular formula is C15H20N4O2. The molecule has 1 aromatic carbocycles. The maximum atomic E-state index is 12.4. The van der Waals surface area contributed by atoms with E-state index in [9.17, 15) is 4.79 Å². The first-order valence-electron chi connectivity index (χ1n) is 6.68. The molecule has 1 amide bonds. The third-order valence-electron chi connectivity index (χ3n) is 3.10. The molecule has 112 valence electrons. The second-order valence-corrected chi connectivity index (χ2v) is 5.18. The summed E-state index contributed by atoms with van der Waals surface area (Å²) in [5.74, 6) is 0.981. The van der Waals surface area contributed by atoms with Crippen molar-refractivity contribution in [3.8, 4) is 0 Å². The smallest absolute Gasteiger partial charge is 0.254 e. The zero-order chi connectivity index (χ0) is 15.6. The van der Waals surface area contributed by atoms with Crippen LogP contribution in [-0.2, 0) is 0 Å². The fourth-order valence-corrected chi connectivity index (χ4v) is 2.03. The Morgan fingerprint density at radius 1 is 1.43 bits per heavy atom. The largest absolute Gasteiger partial charge is 0.444 e. The summed E-state index contributed by atoms with van der Waals surface area (Å²) in [5, 5.41) is 2.87. The number of aryl methyl sites for hydroxylation is 1. The fourth-order valence-electron chi connectivity index (χ4n) is 2.03. The van der Waals surface area contributed by atoms with Crippen molar-refractivity contribution in [3.63, 3.8) is 0 Å². The van der Waals surface area contributed by atoms with Crippen molar-refractivity contribution in [2.45, 2.75) is 19.9 Å². The quantitative estimate of drug-likeness (QED) is 0.842. The van der Waals surface area contributed by atoms with E-state index in [-0.39, 0.29) is 11.9 Å². The lowest BCUT2D eigenvalue weighted by Gasteiger charge is -2.18. The minimum Gasteiger partial charge on any atom is -0.444 e. The van der Waals surface area contributed by atoms with Gasteiger partial charge in [0, 0.05) is 25.5 Å². The number of oxazole rings is 1. The molecular weight excluding hydrogens is 268 g/mol. The molecule has 0 saturated carbocycles. The first-order valence-corrected chi connectivity index (χ1v) is 6.68. The van der Waals surface area contributed by atoms with Crippen molar-refractivity contribution in [1.82, 2.24) is 10.3 Å². The summed E-state index contributed by atoms with van der Waals surface area (Å²) in [5.41, 5.74) is 7.65. The average molecular weight is 288 g/mol. The highest BCUT2D eigenvalue weighted by Gasteiger charge is 2.18. The monoisotopic (exact) mass is 288 g/mol. The number of carbonyl (C=O) groups is 1. The molecule has 1 atom stereocenters. The van der Waals surface area contributed by atoms with E-state index in [1.165, 1.54) is 0 Å². The molecule has 0 bridgehead atoms. The molecule has 1 heterocycles. The maximum absolute atomic E-state index is 12.4. The highest BCUT2D eigenvalue weighted by atomic mass is 16.4. The standard InChI is InChI=1S/C15H20N4O2/c1-9-8-17-15(21-9)10(2)18-14(20)12-7-11(16)5-6-13(12)19(3)4/h5-8,10H,16H2,1-4H3,(H,18,20). The number of nitrogens with two attached hydrogens (primary N) is 1. The predicted molar refractivity (Wildman–Crippen MR) is 82.3 cm³/mol. The summed E-state index contributed by atoms with van der Waals surface area (Å²) in [7, 11) is 3.76. The molecule has 21 heavy (non-hydrogen) atoms. The van der Waals surface area contributed by atoms with Crippen LogP contribution in [0.1, 0.15) is 35.0 Å². The van der Waals surface area contributed by atoms with E-state index in [2.05, 4.69) is 10.3 Å². The molecule has 3 N–H and O–H groups in total. The molecule has 2 aromatic rings. The van der Waals surface area contributed by atoms with E-state index in [0.29, 0.717) is 22.9 Å². The average Bonchev–Trinajstić information content (AvgIpc) is 2.85. The highest BCUT2D eigenvalue weighted by Crippen LogP contribution is 2.22. The molecule has 2 rings (SSSR count). The Labute approximate surface area is 124 Å². The van der Waals surface area contributed by atoms with Crippen LogP contribution >= 0.6 is 0 Å². The van der Waals surface area contributed by atoms with Gasteiger partial charge in [-0.15, -0.1) is 0 Å². The number of nitrogens with one attached hydrogen (secondary N) is 1. The second-order valence-electron chi connectivity index (χ2n) is 5.18. The van der Waals surface area contributed by atoms with Crippen LogP contribution in [0.4, 0.5) is 11.4 Å². The number of carbonyl (C=O) groups excluding carboxylic acids is 1. The van der Waals surface area contributed by atoms with E-state index >= 15 is 0 Å². The van der Waals surface area contributed by atoms with Crippen molar-refractivity contribution in [2.75, 3.05) is 24.7 Å². The number of hydrogen-bond acceptors (Lipinski definition) is 5. The number of nitrogen functional groups attached to an aromatic ring is 1. The molecule has 0 radical (unpaired) electrons. The van der Waals surface area contributed by atoms with Crippen molar-refractivity contribution >= 4 is 17.3 Å². The van der Waals surface area contributed by atoms with Crippen LogP contribution in [0.3, 0.4) is 0 Å². The minimum absolute atomic E-state index is 0.214. The zero-order valence-electron chi connectivity index (χ0n) is 12.7. The Bertz CT molecular complexity index is 649. The van der Waals surface area contributed by atoms with Gasteiger partial charge in [0.15, 0.2) is 0 Å². The Hall–Kier alpha value is -2.50. The molecule has 0 fully saturated rings. The number of amides is 1. The van der Waals surface area contributed by atoms with Crippen molar-refractivity contribution in [3.05, 3.63) is 41.6 Å². The SMILES string of the molecule is Cc1cnc(C(C)NC(=O)c2cc(N)ccc2N(C)C)o1. The van der Waals surface area contributed by atoms with Crippen LogP contribution in [0.15, 0.2) is 28.8 Å². The van der Waals surface area contributed by atoms with Crippen molar-refractivity contribution < 1.29 is 9.21 Å². The first kappa shape index (κ1) is 14.9. The normalized spacial score (nSPS) is 12.0. The van der Waals surface area contributed by atoms with Gasteiger partial charge in [0.25, 0.3) is 5.91 Å². The molecule has 0 spiro atoms. The Morgan fingerprint density at radius 2 is 2.14 bits per heavy atom. The van der Waals surface area contributed by atoms with Gasteiger partial charge in [-0.3, -0.25) is 4.79 Å². The summed E-state index contributed by atoms with van der Waals surface area (Å²) in [4.78, 5) is 18.4. The Balaban J connectivity index is 2.22. The second kappa shape index (κ2) is 5.87. The van der Waals surface area contributed by atoms with E-state index < -0.39 is 0 Å². The predicted octanol–water partition coefficient (Wildman–Crippen LogP) is 2.12. The van der Waals surface area contributed by atoms with Gasteiger partial charge in [0.1, 0.15) is 11.8 Å². The van der Waals surface area contributed by atoms with Crippen LogP contribution in [0.5, 0.6) is 0 Å². The van der Waals surface area contributed by atoms with Gasteiger partial charge in [0.05, 0.1) is 11.8 Å². The molecule has 6 heteroatoms. The first-order chi connectivity index (χ1) is 9.88. The Kier molecular flexibility index (Phi) is 4.16. The molecule has 1 unspecified atom stereocenters. The summed E-state index contributed by atoms with van der Waals surface area (Å²) < 4.78 is 5.42. The van der Waals surface area contributed by atoms with E-state index in [0.717, 1.165) is 5.69 Å². The van der Waals surface area contributed by atoms with Crippen LogP contribution in [-0.4, -0.2) is 25.0 Å². The van der Waals surface area contributed by atoms with Crippen LogP contribution < -0.4 is 16.0 Å². The van der Waals surface area contributed by atoms with E-state index in [4.69, 9.17) is 10.2 Å². The summed E-state index contributed by atoms with van der Waals surface area (Å²) >= 11 is 0. The zero-order valence-corrected chi connectivity index (χ0v) is 12.7. The van der Waals surface area contributed by atoms with Crippen LogP contribution in [0.2, 0.25) is 0 Å². The van der Waals surface area contributed by atoms with E-state index in [1.54, 1.807) is 18.3 Å².